The van der Waals surface area contributed by atoms with E-state index in [9.17, 15) is 19.2 Å². The molecule has 8 nitrogen and oxygen atoms in total. The van der Waals surface area contributed by atoms with Crippen LogP contribution in [0.2, 0.25) is 0 Å². The lowest BCUT2D eigenvalue weighted by atomic mass is 9.84. The quantitative estimate of drug-likeness (QED) is 0.256. The third kappa shape index (κ3) is 9.66. The van der Waals surface area contributed by atoms with Crippen LogP contribution >= 0.6 is 0 Å². The Morgan fingerprint density at radius 2 is 1.68 bits per heavy atom. The molecule has 44 heavy (non-hydrogen) atoms. The summed E-state index contributed by atoms with van der Waals surface area (Å²) in [5, 5.41) is 8.78. The van der Waals surface area contributed by atoms with Gasteiger partial charge in [0.2, 0.25) is 11.8 Å². The van der Waals surface area contributed by atoms with Crippen molar-refractivity contribution in [1.29, 1.82) is 0 Å². The van der Waals surface area contributed by atoms with Crippen LogP contribution in [0.3, 0.4) is 0 Å². The fourth-order valence-electron chi connectivity index (χ4n) is 6.70. The van der Waals surface area contributed by atoms with Gasteiger partial charge < -0.3 is 20.7 Å². The second-order valence-electron chi connectivity index (χ2n) is 13.3. The van der Waals surface area contributed by atoms with E-state index in [1.54, 1.807) is 6.92 Å². The Bertz CT molecular complexity index is 1290. The predicted octanol–water partition coefficient (Wildman–Crippen LogP) is 6.11. The van der Waals surface area contributed by atoms with Crippen molar-refractivity contribution in [1.82, 2.24) is 16.0 Å². The van der Waals surface area contributed by atoms with Gasteiger partial charge in [-0.05, 0) is 57.1 Å². The smallest absolute Gasteiger partial charge is 0.408 e. The molecule has 2 aliphatic rings. The fraction of sp³-hybridized carbons (Fsp3) is 0.556. The predicted molar refractivity (Wildman–Crippen MR) is 171 cm³/mol. The van der Waals surface area contributed by atoms with E-state index in [1.807, 2.05) is 69.3 Å². The van der Waals surface area contributed by atoms with Crippen molar-refractivity contribution in [2.75, 3.05) is 0 Å². The maximum absolute atomic E-state index is 13.8. The minimum absolute atomic E-state index is 0.0980. The molecule has 4 atom stereocenters. The molecule has 8 heteroatoms. The van der Waals surface area contributed by atoms with Gasteiger partial charge in [0.05, 0.1) is 6.04 Å². The number of carbonyl (C=O) groups excluding carboxylic acids is 4. The van der Waals surface area contributed by atoms with Crippen molar-refractivity contribution in [2.24, 2.45) is 11.8 Å². The number of hydrogen-bond donors (Lipinski definition) is 3. The van der Waals surface area contributed by atoms with Crippen molar-refractivity contribution in [3.63, 3.8) is 0 Å². The monoisotopic (exact) mass is 603 g/mol. The van der Waals surface area contributed by atoms with E-state index in [1.165, 1.54) is 6.42 Å². The van der Waals surface area contributed by atoms with Crippen LogP contribution in [-0.4, -0.2) is 41.3 Å². The summed E-state index contributed by atoms with van der Waals surface area (Å²) >= 11 is 0. The van der Waals surface area contributed by atoms with E-state index >= 15 is 0 Å². The van der Waals surface area contributed by atoms with Crippen molar-refractivity contribution < 1.29 is 23.9 Å². The van der Waals surface area contributed by atoms with Gasteiger partial charge in [-0.15, -0.1) is 0 Å². The summed E-state index contributed by atoms with van der Waals surface area (Å²) in [6.45, 7) is 7.70. The zero-order valence-electron chi connectivity index (χ0n) is 26.7. The van der Waals surface area contributed by atoms with Gasteiger partial charge in [-0.3, -0.25) is 14.4 Å². The number of nitrogens with one attached hydrogen (secondary N) is 3. The van der Waals surface area contributed by atoms with Crippen LogP contribution in [0.25, 0.3) is 0 Å². The summed E-state index contributed by atoms with van der Waals surface area (Å²) in [5.41, 5.74) is 2.68. The summed E-state index contributed by atoms with van der Waals surface area (Å²) in [6, 6.07) is 16.1. The number of ether oxygens (including phenoxy) is 1. The van der Waals surface area contributed by atoms with Crippen molar-refractivity contribution in [3.05, 3.63) is 71.3 Å². The molecule has 0 radical (unpaired) electrons. The average molecular weight is 604 g/mol. The molecule has 3 N–H and O–H groups in total. The molecule has 3 amide bonds. The van der Waals surface area contributed by atoms with Crippen LogP contribution in [0.5, 0.6) is 0 Å². The first-order chi connectivity index (χ1) is 21.0. The van der Waals surface area contributed by atoms with Crippen LogP contribution in [-0.2, 0) is 25.5 Å². The number of rotatable bonds is 13. The second-order valence-corrected chi connectivity index (χ2v) is 13.3. The molecule has 2 aromatic carbocycles. The highest BCUT2D eigenvalue weighted by Gasteiger charge is 2.40. The van der Waals surface area contributed by atoms with Gasteiger partial charge in [-0.2, -0.15) is 0 Å². The lowest BCUT2D eigenvalue weighted by molar-refractivity contribution is -0.130. The van der Waals surface area contributed by atoms with Crippen molar-refractivity contribution in [2.45, 2.75) is 116 Å². The molecule has 1 saturated heterocycles. The molecular formula is C36H49N3O5. The summed E-state index contributed by atoms with van der Waals surface area (Å²) < 4.78 is 6.02. The maximum Gasteiger partial charge on any atom is 0.408 e. The third-order valence-corrected chi connectivity index (χ3v) is 8.99. The number of amides is 3. The summed E-state index contributed by atoms with van der Waals surface area (Å²) in [6.07, 6.45) is 6.17. The molecular weight excluding hydrogens is 554 g/mol. The largest absolute Gasteiger partial charge is 0.441 e. The minimum atomic E-state index is -0.859. The van der Waals surface area contributed by atoms with Crippen LogP contribution in [0.15, 0.2) is 54.6 Å². The molecule has 2 aromatic rings. The van der Waals surface area contributed by atoms with E-state index < -0.39 is 30.2 Å². The number of aryl methyl sites for hydroxylation is 1. The first kappa shape index (κ1) is 33.2. The summed E-state index contributed by atoms with van der Waals surface area (Å²) in [7, 11) is 0. The highest BCUT2D eigenvalue weighted by atomic mass is 16.6. The van der Waals surface area contributed by atoms with Crippen LogP contribution in [0, 0.1) is 18.8 Å². The molecule has 4 rings (SSSR count). The van der Waals surface area contributed by atoms with Gasteiger partial charge in [0.15, 0.2) is 5.78 Å². The second kappa shape index (κ2) is 15.4. The zero-order chi connectivity index (χ0) is 31.7. The summed E-state index contributed by atoms with van der Waals surface area (Å²) in [4.78, 5) is 52.9. The van der Waals surface area contributed by atoms with Gasteiger partial charge in [-0.1, -0.05) is 99.2 Å². The summed E-state index contributed by atoms with van der Waals surface area (Å²) in [5.74, 6) is -0.712. The Labute approximate surface area is 262 Å². The first-order valence-electron chi connectivity index (χ1n) is 16.3. The molecule has 2 fully saturated rings. The van der Waals surface area contributed by atoms with Crippen LogP contribution in [0.4, 0.5) is 4.79 Å². The van der Waals surface area contributed by atoms with Crippen LogP contribution in [0.1, 0.15) is 101 Å². The zero-order valence-corrected chi connectivity index (χ0v) is 26.7. The fourth-order valence-corrected chi connectivity index (χ4v) is 6.70. The SMILES string of the molecule is CCC(=O)C(CC1CC(C)(C)NC1=O)NC(=O)[C@H](CC1CCCCC1)NC(=O)OC(Cc1cccc(C)c1)c1ccccc1. The number of carbonyl (C=O) groups is 4. The molecule has 1 saturated carbocycles. The number of Topliss-reactive ketones (excluding diaryl/α,β-unsaturated/α-hetero) is 1. The Hall–Kier alpha value is -3.68. The topological polar surface area (TPSA) is 114 Å². The van der Waals surface area contributed by atoms with E-state index in [0.29, 0.717) is 25.2 Å². The first-order valence-corrected chi connectivity index (χ1v) is 16.3. The molecule has 1 aliphatic carbocycles. The Kier molecular flexibility index (Phi) is 11.6. The van der Waals surface area contributed by atoms with Gasteiger partial charge in [0.1, 0.15) is 12.1 Å². The van der Waals surface area contributed by atoms with Gasteiger partial charge >= 0.3 is 6.09 Å². The van der Waals surface area contributed by atoms with E-state index in [-0.39, 0.29) is 36.0 Å². The minimum Gasteiger partial charge on any atom is -0.441 e. The van der Waals surface area contributed by atoms with Crippen LogP contribution < -0.4 is 16.0 Å². The number of alkyl carbamates (subject to hydrolysis) is 1. The molecule has 0 bridgehead atoms. The third-order valence-electron chi connectivity index (χ3n) is 8.99. The Morgan fingerprint density at radius 1 is 0.955 bits per heavy atom. The molecule has 1 heterocycles. The molecule has 3 unspecified atom stereocenters. The maximum atomic E-state index is 13.8. The standard InChI is InChI=1S/C36H49N3O5/c1-5-31(40)29(22-28-23-36(3,4)39-33(28)41)37-34(42)30(20-25-14-8-6-9-15-25)38-35(43)44-32(27-17-10-7-11-18-27)21-26-16-12-13-24(2)19-26/h7,10-13,16-19,25,28-30,32H,5-6,8-9,14-15,20-23H2,1-4H3,(H,37,42)(H,38,43)(H,39,41)/t28?,29?,30-,32?/m0/s1. The van der Waals surface area contributed by atoms with Crippen molar-refractivity contribution in [3.8, 4) is 0 Å². The normalized spacial score (nSPS) is 20.2. The van der Waals surface area contributed by atoms with E-state index in [2.05, 4.69) is 22.0 Å². The Morgan fingerprint density at radius 3 is 2.32 bits per heavy atom. The molecule has 1 aliphatic heterocycles. The lowest BCUT2D eigenvalue weighted by Gasteiger charge is -2.29. The van der Waals surface area contributed by atoms with Gasteiger partial charge in [0.25, 0.3) is 0 Å². The number of ketones is 1. The van der Waals surface area contributed by atoms with Gasteiger partial charge in [-0.25, -0.2) is 4.79 Å². The Balaban J connectivity index is 1.50. The highest BCUT2D eigenvalue weighted by molar-refractivity contribution is 5.93. The molecule has 0 aromatic heterocycles. The number of hydrogen-bond acceptors (Lipinski definition) is 5. The molecule has 0 spiro atoms. The average Bonchev–Trinajstić information content (AvgIpc) is 3.26. The number of benzene rings is 2. The van der Waals surface area contributed by atoms with Crippen molar-refractivity contribution >= 4 is 23.7 Å². The van der Waals surface area contributed by atoms with E-state index in [4.69, 9.17) is 4.74 Å². The van der Waals surface area contributed by atoms with Gasteiger partial charge in [0, 0.05) is 24.3 Å². The highest BCUT2D eigenvalue weighted by Crippen LogP contribution is 2.30. The van der Waals surface area contributed by atoms with E-state index in [0.717, 1.165) is 42.4 Å². The lowest BCUT2D eigenvalue weighted by Crippen LogP contribution is -2.53. The molecule has 238 valence electrons.